The highest BCUT2D eigenvalue weighted by atomic mass is 32.2. The molecule has 0 bridgehead atoms. The summed E-state index contributed by atoms with van der Waals surface area (Å²) in [6.07, 6.45) is 0.815. The molecule has 22 heavy (non-hydrogen) atoms. The van der Waals surface area contributed by atoms with Crippen LogP contribution in [-0.4, -0.2) is 27.1 Å². The fourth-order valence-electron chi connectivity index (χ4n) is 1.67. The lowest BCUT2D eigenvalue weighted by atomic mass is 10.1. The molecule has 7 heteroatoms. The Bertz CT molecular complexity index is 631. The maximum absolute atomic E-state index is 11.0. The molecule has 0 heterocycles. The fraction of sp³-hybridized carbons (Fsp3) is 0.400. The monoisotopic (exact) mass is 325 g/mol. The summed E-state index contributed by atoms with van der Waals surface area (Å²) >= 11 is 0. The van der Waals surface area contributed by atoms with Gasteiger partial charge in [0.05, 0.1) is 6.61 Å². The third-order valence-electron chi connectivity index (χ3n) is 2.58. The van der Waals surface area contributed by atoms with Gasteiger partial charge in [0.25, 0.3) is 0 Å². The molecule has 0 saturated heterocycles. The molecule has 2 N–H and O–H groups in total. The van der Waals surface area contributed by atoms with Crippen LogP contribution in [0.1, 0.15) is 25.3 Å². The van der Waals surface area contributed by atoms with E-state index in [0.29, 0.717) is 6.42 Å². The van der Waals surface area contributed by atoms with Crippen molar-refractivity contribution in [3.63, 3.8) is 0 Å². The Morgan fingerprint density at radius 3 is 2.59 bits per heavy atom. The van der Waals surface area contributed by atoms with Gasteiger partial charge in [-0.15, -0.1) is 0 Å². The van der Waals surface area contributed by atoms with Crippen molar-refractivity contribution in [2.75, 3.05) is 6.61 Å². The standard InChI is InChI=1S/C15H19NO5S/c1-13(17)21-15(11-12-20-22(16,18)19)10-6-5-9-14-7-3-2-4-8-14/h2-4,7-8,15H,5,9,11-12H2,1H3,(H2,16,18,19). The first-order valence-corrected chi connectivity index (χ1v) is 8.20. The van der Waals surface area contributed by atoms with Crippen LogP contribution < -0.4 is 5.14 Å². The topological polar surface area (TPSA) is 95.7 Å². The third-order valence-corrected chi connectivity index (χ3v) is 3.08. The van der Waals surface area contributed by atoms with Crippen molar-refractivity contribution < 1.29 is 22.1 Å². The summed E-state index contributed by atoms with van der Waals surface area (Å²) in [7, 11) is -4.00. The molecule has 0 spiro atoms. The van der Waals surface area contributed by atoms with E-state index in [1.54, 1.807) is 0 Å². The number of carbonyl (C=O) groups is 1. The summed E-state index contributed by atoms with van der Waals surface area (Å²) in [6.45, 7) is 1.07. The van der Waals surface area contributed by atoms with Crippen molar-refractivity contribution in [1.29, 1.82) is 0 Å². The first kappa shape index (κ1) is 18.2. The molecule has 0 radical (unpaired) electrons. The van der Waals surface area contributed by atoms with Crippen molar-refractivity contribution in [2.24, 2.45) is 5.14 Å². The van der Waals surface area contributed by atoms with E-state index >= 15 is 0 Å². The van der Waals surface area contributed by atoms with Crippen LogP contribution >= 0.6 is 0 Å². The molecule has 6 nitrogen and oxygen atoms in total. The Balaban J connectivity index is 2.47. The Morgan fingerprint density at radius 2 is 2.00 bits per heavy atom. The van der Waals surface area contributed by atoms with Gasteiger partial charge >= 0.3 is 16.3 Å². The molecule has 1 aromatic carbocycles. The van der Waals surface area contributed by atoms with E-state index in [1.165, 1.54) is 12.5 Å². The van der Waals surface area contributed by atoms with Crippen LogP contribution in [0.3, 0.4) is 0 Å². The summed E-state index contributed by atoms with van der Waals surface area (Å²) in [5.41, 5.74) is 1.17. The van der Waals surface area contributed by atoms with Gasteiger partial charge in [0, 0.05) is 19.8 Å². The van der Waals surface area contributed by atoms with Crippen LogP contribution in [0.5, 0.6) is 0 Å². The Morgan fingerprint density at radius 1 is 1.32 bits per heavy atom. The molecule has 0 aliphatic heterocycles. The molecule has 1 atom stereocenters. The lowest BCUT2D eigenvalue weighted by Crippen LogP contribution is -2.21. The first-order chi connectivity index (χ1) is 10.4. The SMILES string of the molecule is CC(=O)OC(C#CCCc1ccccc1)CCOS(N)(=O)=O. The van der Waals surface area contributed by atoms with Gasteiger partial charge in [0.15, 0.2) is 6.10 Å². The average molecular weight is 325 g/mol. The minimum atomic E-state index is -4.00. The summed E-state index contributed by atoms with van der Waals surface area (Å²) in [4.78, 5) is 11.0. The molecule has 1 unspecified atom stereocenters. The zero-order valence-corrected chi connectivity index (χ0v) is 13.1. The lowest BCUT2D eigenvalue weighted by Gasteiger charge is -2.10. The minimum absolute atomic E-state index is 0.133. The molecule has 0 aromatic heterocycles. The van der Waals surface area contributed by atoms with Crippen molar-refractivity contribution in [3.05, 3.63) is 35.9 Å². The zero-order valence-electron chi connectivity index (χ0n) is 12.3. The van der Waals surface area contributed by atoms with Crippen LogP contribution in [0.25, 0.3) is 0 Å². The molecule has 1 aromatic rings. The second-order valence-corrected chi connectivity index (χ2v) is 5.73. The average Bonchev–Trinajstić information content (AvgIpc) is 2.42. The highest BCUT2D eigenvalue weighted by Crippen LogP contribution is 2.03. The lowest BCUT2D eigenvalue weighted by molar-refractivity contribution is -0.144. The number of hydrogen-bond donors (Lipinski definition) is 1. The Hall–Kier alpha value is -1.88. The van der Waals surface area contributed by atoms with Crippen molar-refractivity contribution in [1.82, 2.24) is 0 Å². The summed E-state index contributed by atoms with van der Waals surface area (Å²) in [5, 5.41) is 4.72. The van der Waals surface area contributed by atoms with E-state index in [4.69, 9.17) is 9.88 Å². The second-order valence-electron chi connectivity index (χ2n) is 4.51. The largest absolute Gasteiger partial charge is 0.449 e. The normalized spacial score (nSPS) is 12.1. The molecule has 0 aliphatic carbocycles. The number of carbonyl (C=O) groups excluding carboxylic acids is 1. The van der Waals surface area contributed by atoms with Gasteiger partial charge in [-0.3, -0.25) is 8.98 Å². The van der Waals surface area contributed by atoms with E-state index in [0.717, 1.165) is 6.42 Å². The van der Waals surface area contributed by atoms with E-state index in [-0.39, 0.29) is 13.0 Å². The molecular weight excluding hydrogens is 306 g/mol. The zero-order chi connectivity index (χ0) is 16.4. The summed E-state index contributed by atoms with van der Waals surface area (Å²) in [6, 6.07) is 9.86. The Labute approximate surface area is 130 Å². The van der Waals surface area contributed by atoms with Gasteiger partial charge in [-0.05, 0) is 12.0 Å². The van der Waals surface area contributed by atoms with Gasteiger partial charge in [-0.1, -0.05) is 42.2 Å². The van der Waals surface area contributed by atoms with Gasteiger partial charge < -0.3 is 4.74 Å². The van der Waals surface area contributed by atoms with Crippen molar-refractivity contribution in [2.45, 2.75) is 32.3 Å². The predicted octanol–water partition coefficient (Wildman–Crippen LogP) is 1.16. The number of benzene rings is 1. The van der Waals surface area contributed by atoms with Crippen LogP contribution in [0.4, 0.5) is 0 Å². The molecule has 120 valence electrons. The predicted molar refractivity (Wildman–Crippen MR) is 81.8 cm³/mol. The second kappa shape index (κ2) is 9.20. The number of rotatable bonds is 7. The van der Waals surface area contributed by atoms with E-state index in [2.05, 4.69) is 16.0 Å². The number of esters is 1. The number of ether oxygens (including phenoxy) is 1. The first-order valence-electron chi connectivity index (χ1n) is 6.73. The molecule has 0 fully saturated rings. The van der Waals surface area contributed by atoms with Crippen LogP contribution in [0, 0.1) is 11.8 Å². The van der Waals surface area contributed by atoms with Gasteiger partial charge in [0.1, 0.15) is 0 Å². The minimum Gasteiger partial charge on any atom is -0.449 e. The summed E-state index contributed by atoms with van der Waals surface area (Å²) in [5.74, 6) is 5.23. The third kappa shape index (κ3) is 9.13. The maximum atomic E-state index is 11.0. The Kier molecular flexibility index (Phi) is 7.60. The molecule has 1 rings (SSSR count). The van der Waals surface area contributed by atoms with Crippen LogP contribution in [0.2, 0.25) is 0 Å². The van der Waals surface area contributed by atoms with E-state index < -0.39 is 22.4 Å². The number of nitrogens with two attached hydrogens (primary N) is 1. The summed E-state index contributed by atoms with van der Waals surface area (Å²) < 4.78 is 30.7. The maximum Gasteiger partial charge on any atom is 0.333 e. The smallest absolute Gasteiger partial charge is 0.333 e. The number of aryl methyl sites for hydroxylation is 1. The van der Waals surface area contributed by atoms with Crippen LogP contribution in [-0.2, 0) is 30.4 Å². The van der Waals surface area contributed by atoms with E-state index in [9.17, 15) is 13.2 Å². The molecule has 0 aliphatic rings. The number of hydrogen-bond acceptors (Lipinski definition) is 5. The van der Waals surface area contributed by atoms with Gasteiger partial charge in [-0.2, -0.15) is 8.42 Å². The fourth-order valence-corrected chi connectivity index (χ4v) is 2.00. The van der Waals surface area contributed by atoms with E-state index in [1.807, 2.05) is 30.3 Å². The van der Waals surface area contributed by atoms with Gasteiger partial charge in [0.2, 0.25) is 0 Å². The quantitative estimate of drug-likeness (QED) is 0.599. The van der Waals surface area contributed by atoms with Crippen molar-refractivity contribution >= 4 is 16.3 Å². The highest BCUT2D eigenvalue weighted by molar-refractivity contribution is 7.84. The highest BCUT2D eigenvalue weighted by Gasteiger charge is 2.11. The van der Waals surface area contributed by atoms with Crippen molar-refractivity contribution in [3.8, 4) is 11.8 Å². The molecule has 0 amide bonds. The molecular formula is C15H19NO5S. The molecule has 0 saturated carbocycles. The van der Waals surface area contributed by atoms with Gasteiger partial charge in [-0.25, -0.2) is 5.14 Å². The van der Waals surface area contributed by atoms with Crippen LogP contribution in [0.15, 0.2) is 30.3 Å².